The molecular formula is C17H26N2O. The van der Waals surface area contributed by atoms with Gasteiger partial charge >= 0.3 is 0 Å². The summed E-state index contributed by atoms with van der Waals surface area (Å²) in [5, 5.41) is 0. The first-order chi connectivity index (χ1) is 9.66. The lowest BCUT2D eigenvalue weighted by Gasteiger charge is -2.35. The number of fused-ring (bicyclic) bond motifs is 1. The highest BCUT2D eigenvalue weighted by atomic mass is 16.2. The summed E-state index contributed by atoms with van der Waals surface area (Å²) >= 11 is 0. The van der Waals surface area contributed by atoms with Gasteiger partial charge in [-0.1, -0.05) is 38.1 Å². The zero-order chi connectivity index (χ0) is 14.6. The second-order valence-electron chi connectivity index (χ2n) is 5.79. The molecule has 2 N–H and O–H groups in total. The molecule has 0 saturated carbocycles. The van der Waals surface area contributed by atoms with Crippen LogP contribution >= 0.6 is 0 Å². The van der Waals surface area contributed by atoms with Crippen LogP contribution in [0.25, 0.3) is 0 Å². The van der Waals surface area contributed by atoms with Crippen LogP contribution in [0.4, 0.5) is 0 Å². The molecule has 0 aliphatic carbocycles. The van der Waals surface area contributed by atoms with Crippen molar-refractivity contribution in [1.82, 2.24) is 4.90 Å². The lowest BCUT2D eigenvalue weighted by atomic mass is 9.81. The highest BCUT2D eigenvalue weighted by Gasteiger charge is 2.37. The first-order valence-electron chi connectivity index (χ1n) is 7.73. The average molecular weight is 274 g/mol. The number of hydrogen-bond acceptors (Lipinski definition) is 2. The molecule has 0 saturated heterocycles. The van der Waals surface area contributed by atoms with Gasteiger partial charge in [0.15, 0.2) is 0 Å². The van der Waals surface area contributed by atoms with Gasteiger partial charge in [-0.25, -0.2) is 0 Å². The molecule has 20 heavy (non-hydrogen) atoms. The molecule has 1 aliphatic heterocycles. The number of amides is 1. The summed E-state index contributed by atoms with van der Waals surface area (Å²) in [5.41, 5.74) is 8.22. The smallest absolute Gasteiger partial charge is 0.230 e. The van der Waals surface area contributed by atoms with Gasteiger partial charge in [-0.05, 0) is 36.8 Å². The van der Waals surface area contributed by atoms with E-state index in [1.807, 2.05) is 4.90 Å². The standard InChI is InChI=1S/C17H26N2O/c1-3-17(4-2,13-18)16(20)19-11-7-10-14-8-5-6-9-15(14)12-19/h5-6,8-9H,3-4,7,10-13,18H2,1-2H3. The third-order valence-electron chi connectivity index (χ3n) is 4.84. The number of carbonyl (C=O) groups is 1. The van der Waals surface area contributed by atoms with Crippen molar-refractivity contribution in [2.75, 3.05) is 13.1 Å². The van der Waals surface area contributed by atoms with Gasteiger partial charge in [-0.15, -0.1) is 0 Å². The van der Waals surface area contributed by atoms with E-state index in [9.17, 15) is 4.79 Å². The van der Waals surface area contributed by atoms with E-state index < -0.39 is 0 Å². The normalized spacial score (nSPS) is 15.7. The zero-order valence-electron chi connectivity index (χ0n) is 12.7. The Kier molecular flexibility index (Phi) is 4.81. The van der Waals surface area contributed by atoms with Crippen molar-refractivity contribution >= 4 is 5.91 Å². The molecule has 0 spiro atoms. The van der Waals surface area contributed by atoms with E-state index in [2.05, 4.69) is 38.1 Å². The molecule has 0 atom stereocenters. The molecule has 1 aromatic carbocycles. The first kappa shape index (κ1) is 15.0. The van der Waals surface area contributed by atoms with Gasteiger partial charge in [-0.3, -0.25) is 4.79 Å². The van der Waals surface area contributed by atoms with Gasteiger partial charge in [-0.2, -0.15) is 0 Å². The van der Waals surface area contributed by atoms with E-state index in [1.165, 1.54) is 11.1 Å². The van der Waals surface area contributed by atoms with Crippen LogP contribution in [0.3, 0.4) is 0 Å². The number of benzene rings is 1. The second-order valence-corrected chi connectivity index (χ2v) is 5.79. The topological polar surface area (TPSA) is 46.3 Å². The second kappa shape index (κ2) is 6.40. The van der Waals surface area contributed by atoms with E-state index in [0.717, 1.165) is 38.8 Å². The predicted molar refractivity (Wildman–Crippen MR) is 82.2 cm³/mol. The molecule has 110 valence electrons. The summed E-state index contributed by atoms with van der Waals surface area (Å²) in [5.74, 6) is 0.238. The third kappa shape index (κ3) is 2.73. The molecule has 0 aromatic heterocycles. The van der Waals surface area contributed by atoms with Crippen LogP contribution in [0.5, 0.6) is 0 Å². The highest BCUT2D eigenvalue weighted by Crippen LogP contribution is 2.30. The molecule has 3 heteroatoms. The van der Waals surface area contributed by atoms with Gasteiger partial charge in [0.25, 0.3) is 0 Å². The molecule has 1 aromatic rings. The maximum atomic E-state index is 12.9. The van der Waals surface area contributed by atoms with Crippen molar-refractivity contribution in [2.45, 2.75) is 46.1 Å². The molecular weight excluding hydrogens is 248 g/mol. The van der Waals surface area contributed by atoms with Gasteiger partial charge in [0.05, 0.1) is 5.41 Å². The summed E-state index contributed by atoms with van der Waals surface area (Å²) in [6, 6.07) is 8.46. The molecule has 0 bridgehead atoms. The van der Waals surface area contributed by atoms with Crippen LogP contribution in [0, 0.1) is 5.41 Å². The Morgan fingerprint density at radius 3 is 2.50 bits per heavy atom. The number of nitrogens with two attached hydrogens (primary N) is 1. The SMILES string of the molecule is CCC(CC)(CN)C(=O)N1CCCc2ccccc2C1. The minimum Gasteiger partial charge on any atom is -0.338 e. The molecule has 2 rings (SSSR count). The summed E-state index contributed by atoms with van der Waals surface area (Å²) in [4.78, 5) is 14.9. The summed E-state index contributed by atoms with van der Waals surface area (Å²) in [7, 11) is 0. The van der Waals surface area contributed by atoms with Crippen molar-refractivity contribution in [3.63, 3.8) is 0 Å². The zero-order valence-corrected chi connectivity index (χ0v) is 12.7. The van der Waals surface area contributed by atoms with Gasteiger partial charge in [0, 0.05) is 19.6 Å². The van der Waals surface area contributed by atoms with E-state index >= 15 is 0 Å². The highest BCUT2D eigenvalue weighted by molar-refractivity contribution is 5.83. The maximum Gasteiger partial charge on any atom is 0.230 e. The number of aryl methyl sites for hydroxylation is 1. The number of nitrogens with zero attached hydrogens (tertiary/aromatic N) is 1. The summed E-state index contributed by atoms with van der Waals surface area (Å²) < 4.78 is 0. The lowest BCUT2D eigenvalue weighted by molar-refractivity contribution is -0.142. The Morgan fingerprint density at radius 1 is 1.25 bits per heavy atom. The van der Waals surface area contributed by atoms with Gasteiger partial charge < -0.3 is 10.6 Å². The quantitative estimate of drug-likeness (QED) is 0.917. The van der Waals surface area contributed by atoms with Crippen molar-refractivity contribution in [3.8, 4) is 0 Å². The number of hydrogen-bond donors (Lipinski definition) is 1. The van der Waals surface area contributed by atoms with Crippen LogP contribution in [0.15, 0.2) is 24.3 Å². The predicted octanol–water partition coefficient (Wildman–Crippen LogP) is 2.73. The molecule has 1 amide bonds. The molecule has 3 nitrogen and oxygen atoms in total. The maximum absolute atomic E-state index is 12.9. The number of carbonyl (C=O) groups excluding carboxylic acids is 1. The fourth-order valence-corrected chi connectivity index (χ4v) is 3.14. The minimum absolute atomic E-state index is 0.238. The fraction of sp³-hybridized carbons (Fsp3) is 0.588. The monoisotopic (exact) mass is 274 g/mol. The summed E-state index contributed by atoms with van der Waals surface area (Å²) in [6.07, 6.45) is 3.73. The van der Waals surface area contributed by atoms with Crippen molar-refractivity contribution in [3.05, 3.63) is 35.4 Å². The Balaban J connectivity index is 2.23. The van der Waals surface area contributed by atoms with Crippen LogP contribution in [0.1, 0.15) is 44.2 Å². The van der Waals surface area contributed by atoms with Crippen LogP contribution in [-0.2, 0) is 17.8 Å². The van der Waals surface area contributed by atoms with E-state index in [-0.39, 0.29) is 11.3 Å². The third-order valence-corrected chi connectivity index (χ3v) is 4.84. The molecule has 1 heterocycles. The van der Waals surface area contributed by atoms with Crippen molar-refractivity contribution in [2.24, 2.45) is 11.1 Å². The minimum atomic E-state index is -0.376. The Labute approximate surface area is 122 Å². The van der Waals surface area contributed by atoms with Crippen molar-refractivity contribution in [1.29, 1.82) is 0 Å². The Hall–Kier alpha value is -1.35. The lowest BCUT2D eigenvalue weighted by Crippen LogP contribution is -2.47. The molecule has 0 radical (unpaired) electrons. The van der Waals surface area contributed by atoms with Crippen LogP contribution in [0.2, 0.25) is 0 Å². The molecule has 0 unspecified atom stereocenters. The average Bonchev–Trinajstić information content (AvgIpc) is 2.71. The van der Waals surface area contributed by atoms with Crippen molar-refractivity contribution < 1.29 is 4.79 Å². The first-order valence-corrected chi connectivity index (χ1v) is 7.73. The summed E-state index contributed by atoms with van der Waals surface area (Å²) in [6.45, 7) is 6.16. The fourth-order valence-electron chi connectivity index (χ4n) is 3.14. The van der Waals surface area contributed by atoms with E-state index in [0.29, 0.717) is 6.54 Å². The van der Waals surface area contributed by atoms with E-state index in [4.69, 9.17) is 5.73 Å². The number of rotatable bonds is 4. The van der Waals surface area contributed by atoms with Gasteiger partial charge in [0.1, 0.15) is 0 Å². The molecule has 1 aliphatic rings. The van der Waals surface area contributed by atoms with Gasteiger partial charge in [0.2, 0.25) is 5.91 Å². The van der Waals surface area contributed by atoms with Crippen LogP contribution in [-0.4, -0.2) is 23.9 Å². The van der Waals surface area contributed by atoms with Crippen LogP contribution < -0.4 is 5.73 Å². The molecule has 0 fully saturated rings. The van der Waals surface area contributed by atoms with E-state index in [1.54, 1.807) is 0 Å². The Morgan fingerprint density at radius 2 is 1.90 bits per heavy atom. The largest absolute Gasteiger partial charge is 0.338 e. The Bertz CT molecular complexity index is 458.